The fourth-order valence-corrected chi connectivity index (χ4v) is 4.57. The van der Waals surface area contributed by atoms with E-state index in [1.165, 1.54) is 11.1 Å². The lowest BCUT2D eigenvalue weighted by molar-refractivity contribution is 0.413. The monoisotopic (exact) mass is 499 g/mol. The zero-order valence-corrected chi connectivity index (χ0v) is 21.3. The number of nitrogens with zero attached hydrogens (tertiary/aromatic N) is 4. The molecule has 0 aliphatic carbocycles. The van der Waals surface area contributed by atoms with Gasteiger partial charge in [-0.25, -0.2) is 4.98 Å². The molecule has 7 heteroatoms. The van der Waals surface area contributed by atoms with Crippen molar-refractivity contribution >= 4 is 33.3 Å². The summed E-state index contributed by atoms with van der Waals surface area (Å²) in [5.74, 6) is 2.65. The van der Waals surface area contributed by atoms with Gasteiger partial charge in [0.15, 0.2) is 11.6 Å². The Kier molecular flexibility index (Phi) is 6.01. The molecule has 6 aromatic rings. The first-order valence-corrected chi connectivity index (χ1v) is 12.3. The summed E-state index contributed by atoms with van der Waals surface area (Å²) in [5, 5.41) is 14.6. The highest BCUT2D eigenvalue weighted by Crippen LogP contribution is 2.33. The number of hydrogen-bond acceptors (Lipinski definition) is 7. The Bertz CT molecular complexity index is 1760. The van der Waals surface area contributed by atoms with Gasteiger partial charge in [-0.05, 0) is 50.2 Å². The molecule has 6 rings (SSSR count). The van der Waals surface area contributed by atoms with E-state index in [4.69, 9.17) is 9.47 Å². The second-order valence-corrected chi connectivity index (χ2v) is 9.12. The minimum Gasteiger partial charge on any atom is -0.495 e. The van der Waals surface area contributed by atoms with Crippen LogP contribution in [0.1, 0.15) is 11.1 Å². The lowest BCUT2D eigenvalue weighted by Gasteiger charge is -2.13. The van der Waals surface area contributed by atoms with Gasteiger partial charge in [0.2, 0.25) is 0 Å². The molecule has 0 unspecified atom stereocenters. The maximum absolute atomic E-state index is 6.13. The largest absolute Gasteiger partial charge is 0.495 e. The summed E-state index contributed by atoms with van der Waals surface area (Å²) in [6, 6.07) is 26.0. The van der Waals surface area contributed by atoms with Gasteiger partial charge in [-0.1, -0.05) is 41.5 Å². The first-order valence-electron chi connectivity index (χ1n) is 12.3. The van der Waals surface area contributed by atoms with E-state index >= 15 is 0 Å². The van der Waals surface area contributed by atoms with E-state index in [0.29, 0.717) is 34.1 Å². The Hall–Kier alpha value is -5.04. The number of fused-ring (bicyclic) bond motifs is 2. The maximum Gasteiger partial charge on any atom is 0.161 e. The summed E-state index contributed by atoms with van der Waals surface area (Å²) in [6.45, 7) is 4.19. The normalized spacial score (nSPS) is 11.0. The first-order chi connectivity index (χ1) is 18.6. The third-order valence-corrected chi connectivity index (χ3v) is 6.28. The predicted molar refractivity (Wildman–Crippen MR) is 150 cm³/mol. The molecular formula is C31H25N5O2. The van der Waals surface area contributed by atoms with Crippen LogP contribution in [0.25, 0.3) is 33.1 Å². The van der Waals surface area contributed by atoms with Crippen LogP contribution in [0.2, 0.25) is 0 Å². The molecule has 3 aromatic carbocycles. The fourth-order valence-electron chi connectivity index (χ4n) is 4.57. The lowest BCUT2D eigenvalue weighted by atomic mass is 10.0. The lowest BCUT2D eigenvalue weighted by Crippen LogP contribution is -1.99. The van der Waals surface area contributed by atoms with Crippen molar-refractivity contribution in [3.8, 4) is 28.5 Å². The van der Waals surface area contributed by atoms with Crippen LogP contribution in [0.15, 0.2) is 91.3 Å². The first kappa shape index (κ1) is 23.4. The van der Waals surface area contributed by atoms with Gasteiger partial charge in [-0.2, -0.15) is 0 Å². The van der Waals surface area contributed by atoms with Gasteiger partial charge in [-0.15, -0.1) is 10.2 Å². The predicted octanol–water partition coefficient (Wildman–Crippen LogP) is 7.40. The van der Waals surface area contributed by atoms with Crippen LogP contribution in [-0.2, 0) is 0 Å². The van der Waals surface area contributed by atoms with Gasteiger partial charge in [0.1, 0.15) is 22.7 Å². The molecule has 0 amide bonds. The van der Waals surface area contributed by atoms with Gasteiger partial charge in [0, 0.05) is 40.4 Å². The number of aryl methyl sites for hydroxylation is 2. The highest BCUT2D eigenvalue weighted by molar-refractivity contribution is 6.01. The topological polar surface area (TPSA) is 82.0 Å². The summed E-state index contributed by atoms with van der Waals surface area (Å²) >= 11 is 0. The molecule has 1 N–H and O–H groups in total. The summed E-state index contributed by atoms with van der Waals surface area (Å²) in [6.07, 6.45) is 3.35. The van der Waals surface area contributed by atoms with Gasteiger partial charge in [-0.3, -0.25) is 4.98 Å². The molecule has 3 heterocycles. The number of ether oxygens (including phenoxy) is 2. The number of rotatable bonds is 6. The molecule has 3 aromatic heterocycles. The van der Waals surface area contributed by atoms with E-state index in [9.17, 15) is 0 Å². The van der Waals surface area contributed by atoms with E-state index in [1.54, 1.807) is 25.6 Å². The van der Waals surface area contributed by atoms with Crippen LogP contribution in [0.4, 0.5) is 11.5 Å². The number of pyridine rings is 2. The number of methoxy groups -OCH3 is 1. The van der Waals surface area contributed by atoms with Crippen molar-refractivity contribution in [3.63, 3.8) is 0 Å². The van der Waals surface area contributed by atoms with E-state index in [0.717, 1.165) is 27.7 Å². The highest BCUT2D eigenvalue weighted by atomic mass is 16.5. The van der Waals surface area contributed by atoms with Crippen molar-refractivity contribution in [2.75, 3.05) is 12.4 Å². The number of benzene rings is 3. The molecule has 0 bridgehead atoms. The number of hydrogen-bond donors (Lipinski definition) is 1. The fraction of sp³-hybridized carbons (Fsp3) is 0.0968. The van der Waals surface area contributed by atoms with E-state index in [-0.39, 0.29) is 0 Å². The quantitative estimate of drug-likeness (QED) is 0.256. The zero-order chi connectivity index (χ0) is 26.1. The van der Waals surface area contributed by atoms with Crippen molar-refractivity contribution in [3.05, 3.63) is 102 Å². The minimum absolute atomic E-state index is 0.622. The molecule has 7 nitrogen and oxygen atoms in total. The van der Waals surface area contributed by atoms with Crippen LogP contribution < -0.4 is 14.8 Å². The Morgan fingerprint density at radius 3 is 2.26 bits per heavy atom. The van der Waals surface area contributed by atoms with Crippen molar-refractivity contribution in [2.24, 2.45) is 0 Å². The third-order valence-electron chi connectivity index (χ3n) is 6.28. The van der Waals surface area contributed by atoms with Gasteiger partial charge >= 0.3 is 0 Å². The Morgan fingerprint density at radius 1 is 0.737 bits per heavy atom. The zero-order valence-electron chi connectivity index (χ0n) is 21.3. The van der Waals surface area contributed by atoms with Crippen molar-refractivity contribution < 1.29 is 9.47 Å². The van der Waals surface area contributed by atoms with E-state index in [2.05, 4.69) is 69.7 Å². The van der Waals surface area contributed by atoms with Crippen molar-refractivity contribution in [1.29, 1.82) is 0 Å². The standard InChI is InChI=1S/C31H25N5O2/c1-19-14-20(2)16-21(15-19)29-25-6-4-5-7-26(25)31(36-35-29)34-22-8-10-23(11-9-22)38-28-12-13-32-27-17-24(37-3)18-33-30(27)28/h4-18H,1-3H3,(H,34,36). The molecule has 0 atom stereocenters. The highest BCUT2D eigenvalue weighted by Gasteiger charge is 2.12. The molecular weight excluding hydrogens is 474 g/mol. The molecule has 0 fully saturated rings. The minimum atomic E-state index is 0.622. The molecule has 0 saturated carbocycles. The molecule has 186 valence electrons. The van der Waals surface area contributed by atoms with Gasteiger partial charge in [0.25, 0.3) is 0 Å². The molecule has 0 aliphatic heterocycles. The van der Waals surface area contributed by atoms with Gasteiger partial charge < -0.3 is 14.8 Å². The molecule has 38 heavy (non-hydrogen) atoms. The van der Waals surface area contributed by atoms with Crippen LogP contribution in [0.3, 0.4) is 0 Å². The average molecular weight is 500 g/mol. The summed E-state index contributed by atoms with van der Waals surface area (Å²) in [7, 11) is 1.60. The van der Waals surface area contributed by atoms with Crippen LogP contribution in [-0.4, -0.2) is 27.3 Å². The van der Waals surface area contributed by atoms with Crippen molar-refractivity contribution in [2.45, 2.75) is 13.8 Å². The van der Waals surface area contributed by atoms with E-state index in [1.807, 2.05) is 42.5 Å². The Balaban J connectivity index is 1.27. The molecule has 0 radical (unpaired) electrons. The SMILES string of the molecule is COc1cnc2c(Oc3ccc(Nc4nnc(-c5cc(C)cc(C)c5)c5ccccc45)cc3)ccnc2c1. The number of nitrogens with one attached hydrogen (secondary N) is 1. The van der Waals surface area contributed by atoms with Crippen LogP contribution in [0.5, 0.6) is 17.2 Å². The average Bonchev–Trinajstić information content (AvgIpc) is 2.93. The van der Waals surface area contributed by atoms with E-state index < -0.39 is 0 Å². The summed E-state index contributed by atoms with van der Waals surface area (Å²) in [5.41, 5.74) is 6.58. The Morgan fingerprint density at radius 2 is 1.50 bits per heavy atom. The van der Waals surface area contributed by atoms with Crippen LogP contribution in [0, 0.1) is 13.8 Å². The Labute approximate surface area is 220 Å². The smallest absolute Gasteiger partial charge is 0.161 e. The molecule has 0 saturated heterocycles. The third kappa shape index (κ3) is 4.57. The molecule has 0 aliphatic rings. The van der Waals surface area contributed by atoms with Crippen LogP contribution >= 0.6 is 0 Å². The second-order valence-electron chi connectivity index (χ2n) is 9.12. The maximum atomic E-state index is 6.13. The second kappa shape index (κ2) is 9.78. The van der Waals surface area contributed by atoms with Gasteiger partial charge in [0.05, 0.1) is 18.8 Å². The number of anilines is 2. The summed E-state index contributed by atoms with van der Waals surface area (Å²) in [4.78, 5) is 8.82. The molecule has 0 spiro atoms. The van der Waals surface area contributed by atoms with Crippen molar-refractivity contribution in [1.82, 2.24) is 20.2 Å². The number of aromatic nitrogens is 4. The summed E-state index contributed by atoms with van der Waals surface area (Å²) < 4.78 is 11.4.